The number of unbranched alkanes of at least 4 members (excludes halogenated alkanes) is 9. The molecule has 19 heavy (non-hydrogen) atoms. The van der Waals surface area contributed by atoms with Gasteiger partial charge in [-0.1, -0.05) is 78.1 Å². The number of carboxylic acid groups (broad SMARTS) is 1. The van der Waals surface area contributed by atoms with Crippen molar-refractivity contribution < 1.29 is 9.90 Å². The Morgan fingerprint density at radius 1 is 0.947 bits per heavy atom. The van der Waals surface area contributed by atoms with Gasteiger partial charge >= 0.3 is 5.97 Å². The second kappa shape index (κ2) is 17.8. The lowest BCUT2D eigenvalue weighted by Crippen LogP contribution is -2.31. The Hall–Kier alpha value is -0.220. The second-order valence-corrected chi connectivity index (χ2v) is 5.32. The molecule has 0 saturated heterocycles. The number of thiol groups is 1. The first kappa shape index (κ1) is 21.1. The van der Waals surface area contributed by atoms with E-state index in [0.717, 1.165) is 0 Å². The molecule has 0 amide bonds. The van der Waals surface area contributed by atoms with E-state index < -0.39 is 12.0 Å². The Morgan fingerprint density at radius 3 is 1.42 bits per heavy atom. The summed E-state index contributed by atoms with van der Waals surface area (Å²) >= 11 is 3.65. The summed E-state index contributed by atoms with van der Waals surface area (Å²) in [5.41, 5.74) is 4.94. The molecular weight excluding hydrogens is 258 g/mol. The van der Waals surface area contributed by atoms with E-state index in [0.29, 0.717) is 0 Å². The molecular formula is C15H33NO2S. The number of rotatable bonds is 11. The summed E-state index contributed by atoms with van der Waals surface area (Å²) in [5, 5.41) is 8.01. The Kier molecular flexibility index (Phi) is 19.7. The van der Waals surface area contributed by atoms with Gasteiger partial charge in [0.2, 0.25) is 0 Å². The van der Waals surface area contributed by atoms with Crippen LogP contribution in [0.25, 0.3) is 0 Å². The molecule has 0 aromatic carbocycles. The van der Waals surface area contributed by atoms with Gasteiger partial charge in [0.15, 0.2) is 0 Å². The predicted molar refractivity (Wildman–Crippen MR) is 87.0 cm³/mol. The van der Waals surface area contributed by atoms with Crippen LogP contribution in [0.5, 0.6) is 0 Å². The van der Waals surface area contributed by atoms with Gasteiger partial charge in [-0.05, 0) is 0 Å². The van der Waals surface area contributed by atoms with Gasteiger partial charge in [-0.3, -0.25) is 4.79 Å². The maximum absolute atomic E-state index is 9.76. The lowest BCUT2D eigenvalue weighted by atomic mass is 10.1. The van der Waals surface area contributed by atoms with E-state index >= 15 is 0 Å². The normalized spacial score (nSPS) is 11.6. The summed E-state index contributed by atoms with van der Waals surface area (Å²) in [4.78, 5) is 9.76. The number of nitrogens with two attached hydrogens (primary N) is 1. The van der Waals surface area contributed by atoms with E-state index in [9.17, 15) is 4.79 Å². The van der Waals surface area contributed by atoms with E-state index in [-0.39, 0.29) is 5.75 Å². The zero-order valence-electron chi connectivity index (χ0n) is 12.7. The molecule has 0 spiro atoms. The molecule has 1 atom stereocenters. The lowest BCUT2D eigenvalue weighted by Gasteiger charge is -1.99. The van der Waals surface area contributed by atoms with Gasteiger partial charge in [0, 0.05) is 5.75 Å². The number of carboxylic acids is 1. The average Bonchev–Trinajstić information content (AvgIpc) is 2.41. The van der Waals surface area contributed by atoms with Crippen molar-refractivity contribution in [2.24, 2.45) is 5.73 Å². The van der Waals surface area contributed by atoms with Gasteiger partial charge in [0.1, 0.15) is 6.04 Å². The van der Waals surface area contributed by atoms with Crippen LogP contribution in [-0.2, 0) is 4.79 Å². The molecule has 3 nitrogen and oxygen atoms in total. The fourth-order valence-electron chi connectivity index (χ4n) is 1.64. The van der Waals surface area contributed by atoms with Gasteiger partial charge < -0.3 is 10.8 Å². The summed E-state index contributed by atoms with van der Waals surface area (Å²) in [6, 6.07) is -0.816. The Labute approximate surface area is 124 Å². The van der Waals surface area contributed by atoms with Crippen LogP contribution in [0, 0.1) is 0 Å². The van der Waals surface area contributed by atoms with Crippen LogP contribution in [0.15, 0.2) is 0 Å². The van der Waals surface area contributed by atoms with Gasteiger partial charge in [-0.15, -0.1) is 0 Å². The SMILES string of the molecule is CCCCCCCCCCCC.N[C@@H](CS)C(=O)O. The zero-order chi connectivity index (χ0) is 14.9. The van der Waals surface area contributed by atoms with Crippen molar-refractivity contribution >= 4 is 18.6 Å². The van der Waals surface area contributed by atoms with Crippen molar-refractivity contribution in [2.45, 2.75) is 84.1 Å². The number of aliphatic carboxylic acids is 1. The fraction of sp³-hybridized carbons (Fsp3) is 0.933. The molecule has 0 bridgehead atoms. The highest BCUT2D eigenvalue weighted by Gasteiger charge is 2.06. The molecule has 0 radical (unpaired) electrons. The van der Waals surface area contributed by atoms with Crippen molar-refractivity contribution in [3.8, 4) is 0 Å². The van der Waals surface area contributed by atoms with Gasteiger partial charge in [-0.25, -0.2) is 0 Å². The second-order valence-electron chi connectivity index (χ2n) is 4.96. The van der Waals surface area contributed by atoms with Gasteiger partial charge in [0.25, 0.3) is 0 Å². The van der Waals surface area contributed by atoms with Crippen LogP contribution >= 0.6 is 12.6 Å². The molecule has 0 aliphatic rings. The van der Waals surface area contributed by atoms with E-state index in [1.54, 1.807) is 0 Å². The molecule has 116 valence electrons. The van der Waals surface area contributed by atoms with Gasteiger partial charge in [-0.2, -0.15) is 12.6 Å². The molecule has 0 aliphatic heterocycles. The van der Waals surface area contributed by atoms with Crippen LogP contribution in [-0.4, -0.2) is 22.9 Å². The molecule has 0 unspecified atom stereocenters. The minimum Gasteiger partial charge on any atom is -0.480 e. The molecule has 0 rings (SSSR count). The van der Waals surface area contributed by atoms with Gasteiger partial charge in [0.05, 0.1) is 0 Å². The molecule has 0 aromatic heterocycles. The van der Waals surface area contributed by atoms with Crippen LogP contribution in [0.1, 0.15) is 78.1 Å². The van der Waals surface area contributed by atoms with Crippen molar-refractivity contribution in [3.05, 3.63) is 0 Å². The van der Waals surface area contributed by atoms with Crippen LogP contribution in [0.4, 0.5) is 0 Å². The highest BCUT2D eigenvalue weighted by atomic mass is 32.1. The molecule has 0 heterocycles. The van der Waals surface area contributed by atoms with Crippen LogP contribution in [0.2, 0.25) is 0 Å². The third-order valence-electron chi connectivity index (χ3n) is 2.97. The molecule has 0 aliphatic carbocycles. The minimum atomic E-state index is -1.00. The zero-order valence-corrected chi connectivity index (χ0v) is 13.6. The van der Waals surface area contributed by atoms with Crippen LogP contribution in [0.3, 0.4) is 0 Å². The Morgan fingerprint density at radius 2 is 1.26 bits per heavy atom. The maximum Gasteiger partial charge on any atom is 0.321 e. The largest absolute Gasteiger partial charge is 0.480 e. The lowest BCUT2D eigenvalue weighted by molar-refractivity contribution is -0.137. The highest BCUT2D eigenvalue weighted by Crippen LogP contribution is 2.09. The standard InChI is InChI=1S/C12H26.C3H7NO2S/c1-3-5-7-9-11-12-10-8-6-4-2;4-2(1-7)3(5)6/h3-12H2,1-2H3;2,7H,1,4H2,(H,5,6)/t;2-/m.0/s1. The summed E-state index contributed by atoms with van der Waals surface area (Å²) in [7, 11) is 0. The number of carbonyl (C=O) groups is 1. The molecule has 0 aromatic rings. The van der Waals surface area contributed by atoms with E-state index in [4.69, 9.17) is 10.8 Å². The van der Waals surface area contributed by atoms with E-state index in [1.807, 2.05) is 0 Å². The summed E-state index contributed by atoms with van der Waals surface area (Å²) in [5.74, 6) is -0.815. The van der Waals surface area contributed by atoms with Crippen molar-refractivity contribution in [2.75, 3.05) is 5.75 Å². The molecule has 0 saturated carbocycles. The summed E-state index contributed by atoms with van der Waals surface area (Å²) < 4.78 is 0. The first-order chi connectivity index (χ1) is 9.09. The Balaban J connectivity index is 0. The molecule has 4 heteroatoms. The smallest absolute Gasteiger partial charge is 0.321 e. The molecule has 0 fully saturated rings. The topological polar surface area (TPSA) is 63.3 Å². The monoisotopic (exact) mass is 291 g/mol. The maximum atomic E-state index is 9.76. The van der Waals surface area contributed by atoms with E-state index in [1.165, 1.54) is 64.2 Å². The number of hydrogen-bond donors (Lipinski definition) is 3. The average molecular weight is 292 g/mol. The third-order valence-corrected chi connectivity index (χ3v) is 3.36. The summed E-state index contributed by atoms with van der Waals surface area (Å²) in [6.45, 7) is 4.56. The first-order valence-corrected chi connectivity index (χ1v) is 8.32. The van der Waals surface area contributed by atoms with Crippen molar-refractivity contribution in [1.82, 2.24) is 0 Å². The summed E-state index contributed by atoms with van der Waals surface area (Å²) in [6.07, 6.45) is 14.4. The van der Waals surface area contributed by atoms with Crippen molar-refractivity contribution in [1.29, 1.82) is 0 Å². The van der Waals surface area contributed by atoms with Crippen LogP contribution < -0.4 is 5.73 Å². The first-order valence-electron chi connectivity index (χ1n) is 7.69. The minimum absolute atomic E-state index is 0.190. The van der Waals surface area contributed by atoms with Crippen molar-refractivity contribution in [3.63, 3.8) is 0 Å². The Bertz CT molecular complexity index is 179. The predicted octanol–water partition coefficient (Wildman–Crippen LogP) is 4.26. The number of hydrogen-bond acceptors (Lipinski definition) is 3. The fourth-order valence-corrected chi connectivity index (χ4v) is 1.79. The molecule has 3 N–H and O–H groups in total. The highest BCUT2D eigenvalue weighted by molar-refractivity contribution is 7.80. The van der Waals surface area contributed by atoms with E-state index in [2.05, 4.69) is 26.5 Å². The quantitative estimate of drug-likeness (QED) is 0.394. The third kappa shape index (κ3) is 20.3.